The maximum Gasteiger partial charge on any atom is 0.416 e. The summed E-state index contributed by atoms with van der Waals surface area (Å²) in [6.45, 7) is 1.31. The van der Waals surface area contributed by atoms with Gasteiger partial charge in [-0.15, -0.1) is 0 Å². The van der Waals surface area contributed by atoms with Crippen molar-refractivity contribution < 1.29 is 45.5 Å². The summed E-state index contributed by atoms with van der Waals surface area (Å²) in [6, 6.07) is 21.9. The zero-order chi connectivity index (χ0) is 47.1. The SMILES string of the molecule is CN(CCCN1CC2=C(C1=O)C(c1ccc(C#N)cc1)NC(=O)N2c1cccc(C(F)(F)F)c1)CCCN1CC2=C(C1=O)C(c1ccc(C#N)cc1)NC(=O)N2c1cccc(C(F)(F)F)c1. The standard InChI is InChI=1S/C47H39F6N9O4/c1-58(18-4-20-59-26-36-38(42(59)63)40(30-14-10-28(24-54)11-15-30)56-44(65)61(36)34-8-2-6-32(22-34)46(48,49)50)19-5-21-60-27-37-39(43(60)64)41(31-16-12-29(25-55)13-17-31)57-45(66)62(37)35-9-3-7-33(23-35)47(51,52)53/h2-3,6-17,22-23,40-41H,4-5,18-21,26-27H2,1H3,(H,56,65)(H,57,66). The molecule has 66 heavy (non-hydrogen) atoms. The molecule has 19 heteroatoms. The number of rotatable bonds is 12. The highest BCUT2D eigenvalue weighted by Crippen LogP contribution is 2.42. The number of hydrogen-bond acceptors (Lipinski definition) is 7. The van der Waals surface area contributed by atoms with Crippen molar-refractivity contribution in [2.45, 2.75) is 37.3 Å². The van der Waals surface area contributed by atoms with Crippen LogP contribution in [0.1, 0.15) is 58.3 Å². The van der Waals surface area contributed by atoms with E-state index in [0.29, 0.717) is 48.2 Å². The van der Waals surface area contributed by atoms with Gasteiger partial charge in [-0.2, -0.15) is 36.9 Å². The predicted octanol–water partition coefficient (Wildman–Crippen LogP) is 7.61. The van der Waals surface area contributed by atoms with Crippen LogP contribution in [0.4, 0.5) is 47.3 Å². The molecule has 2 unspecified atom stereocenters. The molecule has 4 heterocycles. The zero-order valence-corrected chi connectivity index (χ0v) is 35.1. The molecule has 2 atom stereocenters. The first kappa shape index (κ1) is 44.9. The Bertz CT molecular complexity index is 2570. The number of benzene rings is 4. The van der Waals surface area contributed by atoms with Crippen molar-refractivity contribution in [3.63, 3.8) is 0 Å². The van der Waals surface area contributed by atoms with E-state index in [9.17, 15) is 56.0 Å². The number of carbonyl (C=O) groups excluding carboxylic acids is 4. The molecule has 4 aromatic rings. The Balaban J connectivity index is 0.934. The third-order valence-corrected chi connectivity index (χ3v) is 11.9. The molecule has 13 nitrogen and oxygen atoms in total. The summed E-state index contributed by atoms with van der Waals surface area (Å²) in [5.74, 6) is -0.816. The highest BCUT2D eigenvalue weighted by Gasteiger charge is 2.47. The number of halogens is 6. The van der Waals surface area contributed by atoms with Gasteiger partial charge < -0.3 is 25.3 Å². The molecule has 0 saturated heterocycles. The first-order chi connectivity index (χ1) is 31.5. The van der Waals surface area contributed by atoms with Gasteiger partial charge in [0.25, 0.3) is 11.8 Å². The molecule has 2 N–H and O–H groups in total. The zero-order valence-electron chi connectivity index (χ0n) is 35.1. The van der Waals surface area contributed by atoms with Crippen molar-refractivity contribution in [1.29, 1.82) is 10.5 Å². The second kappa shape index (κ2) is 17.7. The smallest absolute Gasteiger partial charge is 0.333 e. The van der Waals surface area contributed by atoms with Crippen LogP contribution in [0, 0.1) is 22.7 Å². The van der Waals surface area contributed by atoms with Crippen LogP contribution < -0.4 is 20.4 Å². The molecule has 0 bridgehead atoms. The van der Waals surface area contributed by atoms with Gasteiger partial charge in [-0.3, -0.25) is 19.4 Å². The Morgan fingerprint density at radius 3 is 1.33 bits per heavy atom. The number of urea groups is 2. The van der Waals surface area contributed by atoms with Crippen molar-refractivity contribution in [3.05, 3.63) is 153 Å². The quantitative estimate of drug-likeness (QED) is 0.139. The molecule has 0 radical (unpaired) electrons. The second-order valence-corrected chi connectivity index (χ2v) is 16.2. The number of nitrogens with zero attached hydrogens (tertiary/aromatic N) is 7. The summed E-state index contributed by atoms with van der Waals surface area (Å²) in [7, 11) is 1.85. The molecule has 0 aliphatic carbocycles. The van der Waals surface area contributed by atoms with Crippen LogP contribution in [0.5, 0.6) is 0 Å². The number of nitrogens with one attached hydrogen (secondary N) is 2. The van der Waals surface area contributed by atoms with Gasteiger partial charge in [0.15, 0.2) is 0 Å². The van der Waals surface area contributed by atoms with E-state index in [-0.39, 0.29) is 60.1 Å². The average Bonchev–Trinajstić information content (AvgIpc) is 3.79. The van der Waals surface area contributed by atoms with Crippen molar-refractivity contribution >= 4 is 35.3 Å². The largest absolute Gasteiger partial charge is 0.416 e. The minimum atomic E-state index is -4.68. The third kappa shape index (κ3) is 8.77. The Labute approximate surface area is 374 Å². The number of amides is 6. The molecule has 0 aromatic heterocycles. The Morgan fingerprint density at radius 2 is 0.985 bits per heavy atom. The summed E-state index contributed by atoms with van der Waals surface area (Å²) in [5.41, 5.74) is 0.549. The Hall–Kier alpha value is -7.64. The van der Waals surface area contributed by atoms with Gasteiger partial charge in [-0.1, -0.05) is 36.4 Å². The summed E-state index contributed by atoms with van der Waals surface area (Å²) in [5, 5.41) is 24.2. The van der Waals surface area contributed by atoms with E-state index >= 15 is 0 Å². The fraction of sp³-hybridized carbons (Fsp3) is 0.277. The molecule has 6 amide bonds. The van der Waals surface area contributed by atoms with Crippen LogP contribution in [-0.4, -0.2) is 84.9 Å². The molecule has 338 valence electrons. The van der Waals surface area contributed by atoms with Crippen molar-refractivity contribution in [2.75, 3.05) is 56.1 Å². The molecular weight excluding hydrogens is 869 g/mol. The highest BCUT2D eigenvalue weighted by atomic mass is 19.4. The summed E-state index contributed by atoms with van der Waals surface area (Å²) >= 11 is 0. The normalized spacial score (nSPS) is 18.7. The monoisotopic (exact) mass is 907 g/mol. The van der Waals surface area contributed by atoms with Crippen LogP contribution >= 0.6 is 0 Å². The number of anilines is 2. The van der Waals surface area contributed by atoms with Crippen LogP contribution in [0.25, 0.3) is 0 Å². The van der Waals surface area contributed by atoms with E-state index in [0.717, 1.165) is 34.1 Å². The Kier molecular flexibility index (Phi) is 12.1. The molecule has 4 aromatic carbocycles. The van der Waals surface area contributed by atoms with Crippen molar-refractivity contribution in [1.82, 2.24) is 25.3 Å². The lowest BCUT2D eigenvalue weighted by molar-refractivity contribution is -0.138. The molecular formula is C47H39F6N9O4. The molecule has 0 spiro atoms. The van der Waals surface area contributed by atoms with Crippen LogP contribution in [-0.2, 0) is 21.9 Å². The van der Waals surface area contributed by atoms with Gasteiger partial charge in [-0.25, -0.2) is 9.59 Å². The summed E-state index contributed by atoms with van der Waals surface area (Å²) in [6.07, 6.45) is -8.45. The van der Waals surface area contributed by atoms with Crippen molar-refractivity contribution in [2.24, 2.45) is 0 Å². The van der Waals surface area contributed by atoms with Crippen LogP contribution in [0.3, 0.4) is 0 Å². The van der Waals surface area contributed by atoms with Crippen LogP contribution in [0.15, 0.2) is 120 Å². The van der Waals surface area contributed by atoms with Gasteiger partial charge in [-0.05, 0) is 105 Å². The first-order valence-corrected chi connectivity index (χ1v) is 20.8. The predicted molar refractivity (Wildman–Crippen MR) is 227 cm³/mol. The summed E-state index contributed by atoms with van der Waals surface area (Å²) in [4.78, 5) is 62.9. The highest BCUT2D eigenvalue weighted by molar-refractivity contribution is 6.08. The first-order valence-electron chi connectivity index (χ1n) is 20.8. The minimum absolute atomic E-state index is 0.0542. The minimum Gasteiger partial charge on any atom is -0.333 e. The van der Waals surface area contributed by atoms with E-state index in [1.165, 1.54) is 34.1 Å². The number of nitriles is 2. The number of hydrogen-bond donors (Lipinski definition) is 2. The fourth-order valence-corrected chi connectivity index (χ4v) is 8.72. The lowest BCUT2D eigenvalue weighted by atomic mass is 9.94. The maximum atomic E-state index is 14.1. The second-order valence-electron chi connectivity index (χ2n) is 16.2. The van der Waals surface area contributed by atoms with Crippen LogP contribution in [0.2, 0.25) is 0 Å². The average molecular weight is 908 g/mol. The van der Waals surface area contributed by atoms with E-state index in [4.69, 9.17) is 0 Å². The van der Waals surface area contributed by atoms with Crippen molar-refractivity contribution in [3.8, 4) is 12.1 Å². The molecule has 4 aliphatic rings. The van der Waals surface area contributed by atoms with Gasteiger partial charge in [0.05, 0.1) is 93.5 Å². The third-order valence-electron chi connectivity index (χ3n) is 11.9. The summed E-state index contributed by atoms with van der Waals surface area (Å²) < 4.78 is 82.4. The molecule has 4 aliphatic heterocycles. The van der Waals surface area contributed by atoms with Gasteiger partial charge in [0, 0.05) is 13.1 Å². The molecule has 0 fully saturated rings. The van der Waals surface area contributed by atoms with Gasteiger partial charge in [0.2, 0.25) is 0 Å². The van der Waals surface area contributed by atoms with E-state index in [1.807, 2.05) is 24.1 Å². The number of carbonyl (C=O) groups is 4. The molecule has 8 rings (SSSR count). The Morgan fingerprint density at radius 1 is 0.606 bits per heavy atom. The lowest BCUT2D eigenvalue weighted by Crippen LogP contribution is -2.47. The topological polar surface area (TPSA) is 156 Å². The van der Waals surface area contributed by atoms with E-state index < -0.39 is 59.4 Å². The molecule has 0 saturated carbocycles. The van der Waals surface area contributed by atoms with Gasteiger partial charge >= 0.3 is 24.4 Å². The fourth-order valence-electron chi connectivity index (χ4n) is 8.72. The van der Waals surface area contributed by atoms with E-state index in [2.05, 4.69) is 10.6 Å². The van der Waals surface area contributed by atoms with E-state index in [1.54, 1.807) is 48.5 Å². The maximum absolute atomic E-state index is 14.1. The number of alkyl halides is 6. The van der Waals surface area contributed by atoms with Gasteiger partial charge in [0.1, 0.15) is 0 Å². The lowest BCUT2D eigenvalue weighted by Gasteiger charge is -2.34.